The Hall–Kier alpha value is -1.87. The van der Waals surface area contributed by atoms with Crippen LogP contribution in [0.2, 0.25) is 5.02 Å². The van der Waals surface area contributed by atoms with Crippen molar-refractivity contribution in [2.75, 3.05) is 6.54 Å². The van der Waals surface area contributed by atoms with E-state index < -0.39 is 0 Å². The normalized spacial score (nSPS) is 15.4. The number of amides is 2. The fourth-order valence-electron chi connectivity index (χ4n) is 1.64. The van der Waals surface area contributed by atoms with E-state index in [4.69, 9.17) is 11.6 Å². The van der Waals surface area contributed by atoms with Crippen LogP contribution < -0.4 is 0 Å². The number of halogens is 1. The van der Waals surface area contributed by atoms with Crippen LogP contribution in [0.4, 0.5) is 0 Å². The summed E-state index contributed by atoms with van der Waals surface area (Å²) in [4.78, 5) is 24.5. The number of imide groups is 1. The maximum Gasteiger partial charge on any atom is 0.253 e. The standard InChI is InChI=1S/C14H12ClNO2/c15-12-7-4-11(5-8-12)6-9-14(18)16-10-2-1-3-13(16)17/h1,3-9H,2,10H2. The molecule has 3 nitrogen and oxygen atoms in total. The van der Waals surface area contributed by atoms with Crippen LogP contribution in [-0.4, -0.2) is 23.3 Å². The Kier molecular flexibility index (Phi) is 3.95. The summed E-state index contributed by atoms with van der Waals surface area (Å²) in [6.45, 7) is 0.444. The van der Waals surface area contributed by atoms with E-state index in [1.165, 1.54) is 17.1 Å². The summed E-state index contributed by atoms with van der Waals surface area (Å²) in [6, 6.07) is 7.12. The Morgan fingerprint density at radius 1 is 1.28 bits per heavy atom. The number of benzene rings is 1. The summed E-state index contributed by atoms with van der Waals surface area (Å²) in [5.74, 6) is -0.550. The van der Waals surface area contributed by atoms with Crippen LogP contribution >= 0.6 is 11.6 Å². The number of hydrogen-bond acceptors (Lipinski definition) is 2. The molecule has 92 valence electrons. The molecule has 0 aliphatic carbocycles. The first-order valence-corrected chi connectivity index (χ1v) is 6.00. The molecule has 0 unspecified atom stereocenters. The molecule has 1 aliphatic rings. The molecule has 0 spiro atoms. The van der Waals surface area contributed by atoms with Gasteiger partial charge in [0.1, 0.15) is 0 Å². The van der Waals surface area contributed by atoms with E-state index in [2.05, 4.69) is 0 Å². The minimum Gasteiger partial charge on any atom is -0.275 e. The maximum atomic E-state index is 11.8. The van der Waals surface area contributed by atoms with Crippen molar-refractivity contribution in [1.29, 1.82) is 0 Å². The Morgan fingerprint density at radius 3 is 2.67 bits per heavy atom. The maximum absolute atomic E-state index is 11.8. The van der Waals surface area contributed by atoms with Crippen LogP contribution in [0.25, 0.3) is 6.08 Å². The fraction of sp³-hybridized carbons (Fsp3) is 0.143. The largest absolute Gasteiger partial charge is 0.275 e. The van der Waals surface area contributed by atoms with Crippen molar-refractivity contribution in [1.82, 2.24) is 4.90 Å². The second-order valence-corrected chi connectivity index (χ2v) is 4.34. The quantitative estimate of drug-likeness (QED) is 0.768. The van der Waals surface area contributed by atoms with Crippen molar-refractivity contribution in [3.05, 3.63) is 53.1 Å². The van der Waals surface area contributed by atoms with Gasteiger partial charge in [0, 0.05) is 17.6 Å². The first-order valence-electron chi connectivity index (χ1n) is 5.62. The first kappa shape index (κ1) is 12.6. The Balaban J connectivity index is 2.05. The molecule has 0 atom stereocenters. The smallest absolute Gasteiger partial charge is 0.253 e. The van der Waals surface area contributed by atoms with Gasteiger partial charge < -0.3 is 0 Å². The first-order chi connectivity index (χ1) is 8.66. The molecule has 1 heterocycles. The molecule has 1 aromatic rings. The van der Waals surface area contributed by atoms with E-state index in [1.54, 1.807) is 24.3 Å². The lowest BCUT2D eigenvalue weighted by atomic mass is 10.2. The molecule has 2 amide bonds. The lowest BCUT2D eigenvalue weighted by molar-refractivity contribution is -0.139. The van der Waals surface area contributed by atoms with Crippen molar-refractivity contribution in [2.45, 2.75) is 6.42 Å². The van der Waals surface area contributed by atoms with Gasteiger partial charge in [-0.2, -0.15) is 0 Å². The van der Waals surface area contributed by atoms with Gasteiger partial charge in [-0.3, -0.25) is 14.5 Å². The van der Waals surface area contributed by atoms with Crippen LogP contribution in [0, 0.1) is 0 Å². The minimum absolute atomic E-state index is 0.257. The number of rotatable bonds is 2. The highest BCUT2D eigenvalue weighted by atomic mass is 35.5. The summed E-state index contributed by atoms with van der Waals surface area (Å²) < 4.78 is 0. The van der Waals surface area contributed by atoms with Crippen molar-refractivity contribution in [3.63, 3.8) is 0 Å². The number of carbonyl (C=O) groups is 2. The van der Waals surface area contributed by atoms with Gasteiger partial charge in [0.15, 0.2) is 0 Å². The lowest BCUT2D eigenvalue weighted by Gasteiger charge is -2.19. The topological polar surface area (TPSA) is 37.4 Å². The molecule has 0 saturated carbocycles. The second kappa shape index (κ2) is 5.65. The summed E-state index contributed by atoms with van der Waals surface area (Å²) in [7, 11) is 0. The third-order valence-corrected chi connectivity index (χ3v) is 2.85. The zero-order valence-corrected chi connectivity index (χ0v) is 10.4. The molecule has 1 aromatic carbocycles. The van der Waals surface area contributed by atoms with E-state index in [-0.39, 0.29) is 11.8 Å². The highest BCUT2D eigenvalue weighted by Gasteiger charge is 2.18. The Morgan fingerprint density at radius 2 is 2.00 bits per heavy atom. The molecule has 0 fully saturated rings. The monoisotopic (exact) mass is 261 g/mol. The van der Waals surface area contributed by atoms with Crippen molar-refractivity contribution in [3.8, 4) is 0 Å². The molecule has 0 radical (unpaired) electrons. The number of nitrogens with zero attached hydrogens (tertiary/aromatic N) is 1. The van der Waals surface area contributed by atoms with Crippen LogP contribution in [0.15, 0.2) is 42.5 Å². The summed E-state index contributed by atoms with van der Waals surface area (Å²) >= 11 is 5.76. The molecule has 0 saturated heterocycles. The van der Waals surface area contributed by atoms with Crippen LogP contribution in [0.5, 0.6) is 0 Å². The van der Waals surface area contributed by atoms with Crippen molar-refractivity contribution >= 4 is 29.5 Å². The summed E-state index contributed by atoms with van der Waals surface area (Å²) in [5.41, 5.74) is 0.868. The molecule has 0 bridgehead atoms. The lowest BCUT2D eigenvalue weighted by Crippen LogP contribution is -2.37. The molecular weight excluding hydrogens is 250 g/mol. The van der Waals surface area contributed by atoms with Gasteiger partial charge in [-0.05, 0) is 36.3 Å². The van der Waals surface area contributed by atoms with Gasteiger partial charge in [-0.25, -0.2) is 0 Å². The molecular formula is C14H12ClNO2. The van der Waals surface area contributed by atoms with Gasteiger partial charge in [0.05, 0.1) is 0 Å². The van der Waals surface area contributed by atoms with Gasteiger partial charge in [-0.15, -0.1) is 0 Å². The van der Waals surface area contributed by atoms with Gasteiger partial charge in [0.25, 0.3) is 11.8 Å². The van der Waals surface area contributed by atoms with E-state index in [1.807, 2.05) is 12.1 Å². The zero-order chi connectivity index (χ0) is 13.0. The van der Waals surface area contributed by atoms with E-state index in [0.29, 0.717) is 18.0 Å². The second-order valence-electron chi connectivity index (χ2n) is 3.90. The third kappa shape index (κ3) is 3.08. The van der Waals surface area contributed by atoms with Gasteiger partial charge in [0.2, 0.25) is 0 Å². The van der Waals surface area contributed by atoms with Crippen LogP contribution in [0.1, 0.15) is 12.0 Å². The average molecular weight is 262 g/mol. The van der Waals surface area contributed by atoms with Crippen LogP contribution in [-0.2, 0) is 9.59 Å². The Labute approximate surface area is 110 Å². The van der Waals surface area contributed by atoms with E-state index in [0.717, 1.165) is 5.56 Å². The average Bonchev–Trinajstić information content (AvgIpc) is 2.38. The highest BCUT2D eigenvalue weighted by molar-refractivity contribution is 6.30. The summed E-state index contributed by atoms with van der Waals surface area (Å²) in [5, 5.41) is 0.648. The van der Waals surface area contributed by atoms with E-state index in [9.17, 15) is 9.59 Å². The van der Waals surface area contributed by atoms with Crippen LogP contribution in [0.3, 0.4) is 0 Å². The molecule has 0 N–H and O–H groups in total. The number of carbonyl (C=O) groups excluding carboxylic acids is 2. The van der Waals surface area contributed by atoms with Gasteiger partial charge in [-0.1, -0.05) is 29.8 Å². The third-order valence-electron chi connectivity index (χ3n) is 2.60. The molecule has 18 heavy (non-hydrogen) atoms. The molecule has 0 aromatic heterocycles. The molecule has 2 rings (SSSR count). The predicted molar refractivity (Wildman–Crippen MR) is 71.0 cm³/mol. The number of hydrogen-bond donors (Lipinski definition) is 0. The SMILES string of the molecule is O=C1C=CCCN1C(=O)C=Cc1ccc(Cl)cc1. The van der Waals surface area contributed by atoms with Gasteiger partial charge >= 0.3 is 0 Å². The fourth-order valence-corrected chi connectivity index (χ4v) is 1.76. The van der Waals surface area contributed by atoms with E-state index >= 15 is 0 Å². The summed E-state index contributed by atoms with van der Waals surface area (Å²) in [6.07, 6.45) is 6.99. The Bertz CT molecular complexity index is 517. The minimum atomic E-state index is -0.292. The van der Waals surface area contributed by atoms with Crippen molar-refractivity contribution < 1.29 is 9.59 Å². The highest BCUT2D eigenvalue weighted by Crippen LogP contribution is 2.11. The molecule has 1 aliphatic heterocycles. The van der Waals surface area contributed by atoms with Crippen molar-refractivity contribution in [2.24, 2.45) is 0 Å². The predicted octanol–water partition coefficient (Wildman–Crippen LogP) is 2.67. The molecule has 4 heteroatoms. The zero-order valence-electron chi connectivity index (χ0n) is 9.67.